The van der Waals surface area contributed by atoms with Crippen molar-refractivity contribution in [1.29, 1.82) is 5.26 Å². The van der Waals surface area contributed by atoms with Crippen molar-refractivity contribution >= 4 is 23.5 Å². The van der Waals surface area contributed by atoms with E-state index in [4.69, 9.17) is 9.84 Å². The second-order valence-electron chi connectivity index (χ2n) is 14.2. The first kappa shape index (κ1) is 29.0. The Hall–Kier alpha value is -3.72. The highest BCUT2D eigenvalue weighted by Gasteiger charge is 2.57. The van der Waals surface area contributed by atoms with Crippen LogP contribution in [0.4, 0.5) is 5.82 Å². The predicted octanol–water partition coefficient (Wildman–Crippen LogP) is 3.28. The lowest BCUT2D eigenvalue weighted by molar-refractivity contribution is -0.121. The van der Waals surface area contributed by atoms with E-state index in [1.807, 2.05) is 44.0 Å². The van der Waals surface area contributed by atoms with Crippen LogP contribution in [0.25, 0.3) is 0 Å². The number of hydrogen-bond acceptors (Lipinski definition) is 7. The molecular formula is C32H42N8O4. The first-order chi connectivity index (χ1) is 21.0. The lowest BCUT2D eigenvalue weighted by atomic mass is 9.82. The molecule has 2 aliphatic carbocycles. The fourth-order valence-electron chi connectivity index (χ4n) is 7.84. The fourth-order valence-corrected chi connectivity index (χ4v) is 7.84. The number of carbonyl (C=O) groups excluding carboxylic acids is 3. The van der Waals surface area contributed by atoms with Crippen LogP contribution in [0.2, 0.25) is 0 Å². The highest BCUT2D eigenvalue weighted by atomic mass is 16.5. The summed E-state index contributed by atoms with van der Waals surface area (Å²) in [5.74, 6) is -0.0628. The molecule has 5 aliphatic rings. The number of likely N-dealkylation sites (N-methyl/N-ethyl adjacent to an activating group) is 1. The lowest BCUT2D eigenvalue weighted by Gasteiger charge is -2.39. The molecule has 0 spiro atoms. The van der Waals surface area contributed by atoms with Gasteiger partial charge in [-0.15, -0.1) is 0 Å². The molecule has 3 aliphatic heterocycles. The molecule has 1 N–H and O–H groups in total. The van der Waals surface area contributed by atoms with Crippen LogP contribution in [0.15, 0.2) is 6.07 Å². The topological polar surface area (TPSA) is 138 Å². The van der Waals surface area contributed by atoms with Crippen molar-refractivity contribution in [3.8, 4) is 6.07 Å². The van der Waals surface area contributed by atoms with Crippen molar-refractivity contribution in [3.05, 3.63) is 28.7 Å². The van der Waals surface area contributed by atoms with Gasteiger partial charge in [0.25, 0.3) is 17.7 Å². The Balaban J connectivity index is 1.32. The van der Waals surface area contributed by atoms with Gasteiger partial charge >= 0.3 is 0 Å². The lowest BCUT2D eigenvalue weighted by Crippen LogP contribution is -2.56. The monoisotopic (exact) mass is 602 g/mol. The van der Waals surface area contributed by atoms with Gasteiger partial charge in [-0.1, -0.05) is 0 Å². The Morgan fingerprint density at radius 2 is 1.84 bits per heavy atom. The summed E-state index contributed by atoms with van der Waals surface area (Å²) in [6.45, 7) is 11.4. The first-order valence-corrected chi connectivity index (χ1v) is 16.1. The predicted molar refractivity (Wildman–Crippen MR) is 160 cm³/mol. The molecule has 3 amide bonds. The molecule has 7 rings (SSSR count). The number of rotatable bonds is 6. The van der Waals surface area contributed by atoms with Crippen molar-refractivity contribution in [2.24, 2.45) is 11.8 Å². The first-order valence-electron chi connectivity index (χ1n) is 16.1. The van der Waals surface area contributed by atoms with Crippen LogP contribution < -0.4 is 10.2 Å². The number of aryl methyl sites for hydroxylation is 1. The summed E-state index contributed by atoms with van der Waals surface area (Å²) in [6, 6.07) is 2.81. The highest BCUT2D eigenvalue weighted by Crippen LogP contribution is 2.53. The molecule has 5 heterocycles. The van der Waals surface area contributed by atoms with E-state index in [-0.39, 0.29) is 41.0 Å². The van der Waals surface area contributed by atoms with Crippen molar-refractivity contribution in [1.82, 2.24) is 29.8 Å². The number of hydrogen-bond donors (Lipinski definition) is 1. The second kappa shape index (κ2) is 10.4. The van der Waals surface area contributed by atoms with E-state index < -0.39 is 23.9 Å². The Bertz CT molecular complexity index is 1550. The summed E-state index contributed by atoms with van der Waals surface area (Å²) in [5.41, 5.74) is 1.88. The maximum absolute atomic E-state index is 14.4. The van der Waals surface area contributed by atoms with Gasteiger partial charge in [-0.2, -0.15) is 15.5 Å². The summed E-state index contributed by atoms with van der Waals surface area (Å²) >= 11 is 0. The average Bonchev–Trinajstić information content (AvgIpc) is 3.87. The quantitative estimate of drug-likeness (QED) is 0.536. The standard InChI is InChI=1S/C32H42N8O4/c1-6-37-29-25(24(18-7-8-18)26(30(37)42)34-28(41)22-13-17(2)40(35-22)32(3,4)5)27(36-39(29)20-9-11-44-12-10-20)31(43)38-21(16-33)14-19-15-23(19)38/h13,18-21,23-24,26H,6-12,14-15H2,1-5H3,(H,34,41)/t19-,21-,23+,24-,26-/m0/s1. The SMILES string of the molecule is CCN1C(=O)[C@@H](NC(=O)c2cc(C)n(C(C)(C)C)n2)[C@@H](C2CC2)c2c(C(=O)N3[C@H](C#N)C[C@H]4C[C@H]43)nn(C3CCOCC3)c21. The highest BCUT2D eigenvalue weighted by molar-refractivity contribution is 6.07. The minimum atomic E-state index is -0.861. The Morgan fingerprint density at radius 1 is 1.11 bits per heavy atom. The maximum atomic E-state index is 14.4. The number of nitrogens with zero attached hydrogens (tertiary/aromatic N) is 7. The summed E-state index contributed by atoms with van der Waals surface area (Å²) in [7, 11) is 0. The zero-order valence-corrected chi connectivity index (χ0v) is 26.2. The Kier molecular flexibility index (Phi) is 6.88. The minimum absolute atomic E-state index is 0.0183. The van der Waals surface area contributed by atoms with E-state index in [2.05, 4.69) is 16.5 Å². The van der Waals surface area contributed by atoms with Crippen LogP contribution in [0, 0.1) is 30.1 Å². The number of anilines is 1. The molecule has 5 atom stereocenters. The molecule has 0 bridgehead atoms. The number of amides is 3. The molecule has 2 saturated heterocycles. The van der Waals surface area contributed by atoms with Crippen LogP contribution in [-0.2, 0) is 15.1 Å². The average molecular weight is 603 g/mol. The second-order valence-corrected chi connectivity index (χ2v) is 14.2. The molecular weight excluding hydrogens is 560 g/mol. The van der Waals surface area contributed by atoms with Crippen molar-refractivity contribution < 1.29 is 19.1 Å². The number of carbonyl (C=O) groups is 3. The summed E-state index contributed by atoms with van der Waals surface area (Å²) in [6.07, 6.45) is 4.87. The van der Waals surface area contributed by atoms with E-state index in [0.29, 0.717) is 43.6 Å². The number of ether oxygens (including phenoxy) is 1. The molecule has 0 aromatic carbocycles. The van der Waals surface area contributed by atoms with Crippen LogP contribution in [0.1, 0.15) is 110 Å². The van der Waals surface area contributed by atoms with Gasteiger partial charge in [-0.25, -0.2) is 4.68 Å². The van der Waals surface area contributed by atoms with Gasteiger partial charge in [0, 0.05) is 43.0 Å². The molecule has 2 saturated carbocycles. The summed E-state index contributed by atoms with van der Waals surface area (Å²) in [5, 5.41) is 22.6. The fraction of sp³-hybridized carbons (Fsp3) is 0.688. The molecule has 234 valence electrons. The van der Waals surface area contributed by atoms with E-state index >= 15 is 0 Å². The molecule has 0 radical (unpaired) electrons. The van der Waals surface area contributed by atoms with Gasteiger partial charge < -0.3 is 15.0 Å². The van der Waals surface area contributed by atoms with Gasteiger partial charge in [0.15, 0.2) is 5.69 Å². The molecule has 12 heteroatoms. The third-order valence-electron chi connectivity index (χ3n) is 10.1. The molecule has 12 nitrogen and oxygen atoms in total. The smallest absolute Gasteiger partial charge is 0.276 e. The summed E-state index contributed by atoms with van der Waals surface area (Å²) < 4.78 is 9.36. The number of likely N-dealkylation sites (tertiary alicyclic amines) is 1. The number of aromatic nitrogens is 4. The van der Waals surface area contributed by atoms with Gasteiger partial charge in [-0.3, -0.25) is 24.0 Å². The Morgan fingerprint density at radius 3 is 2.45 bits per heavy atom. The normalized spacial score (nSPS) is 28.5. The molecule has 2 aromatic rings. The van der Waals surface area contributed by atoms with Gasteiger partial charge in [0.1, 0.15) is 23.6 Å². The van der Waals surface area contributed by atoms with E-state index in [1.165, 1.54) is 0 Å². The number of nitriles is 1. The number of nitrogens with one attached hydrogen (secondary N) is 1. The zero-order chi connectivity index (χ0) is 31.1. The molecule has 4 fully saturated rings. The summed E-state index contributed by atoms with van der Waals surface area (Å²) in [4.78, 5) is 46.0. The van der Waals surface area contributed by atoms with E-state index in [9.17, 15) is 19.6 Å². The number of fused-ring (bicyclic) bond motifs is 2. The third kappa shape index (κ3) is 4.62. The molecule has 0 unspecified atom stereocenters. The van der Waals surface area contributed by atoms with Gasteiger partial charge in [0.2, 0.25) is 0 Å². The number of piperidine rings is 1. The van der Waals surface area contributed by atoms with Crippen LogP contribution in [0.5, 0.6) is 0 Å². The maximum Gasteiger partial charge on any atom is 0.276 e. The Labute approximate surface area is 257 Å². The minimum Gasteiger partial charge on any atom is -0.381 e. The largest absolute Gasteiger partial charge is 0.381 e. The molecule has 2 aromatic heterocycles. The van der Waals surface area contributed by atoms with Crippen LogP contribution in [-0.4, -0.2) is 80.1 Å². The van der Waals surface area contributed by atoms with Crippen LogP contribution in [0.3, 0.4) is 0 Å². The van der Waals surface area contributed by atoms with Crippen LogP contribution >= 0.6 is 0 Å². The van der Waals surface area contributed by atoms with E-state index in [0.717, 1.165) is 43.4 Å². The van der Waals surface area contributed by atoms with Gasteiger partial charge in [0.05, 0.1) is 17.6 Å². The van der Waals surface area contributed by atoms with E-state index in [1.54, 1.807) is 15.9 Å². The zero-order valence-electron chi connectivity index (χ0n) is 26.2. The third-order valence-corrected chi connectivity index (χ3v) is 10.1. The van der Waals surface area contributed by atoms with Crippen molar-refractivity contribution in [2.75, 3.05) is 24.7 Å². The van der Waals surface area contributed by atoms with Crippen molar-refractivity contribution in [2.45, 2.75) is 109 Å². The molecule has 44 heavy (non-hydrogen) atoms. The van der Waals surface area contributed by atoms with Gasteiger partial charge in [-0.05, 0) is 91.0 Å². The van der Waals surface area contributed by atoms with Crippen molar-refractivity contribution in [3.63, 3.8) is 0 Å².